The standard InChI is InChI=1S/C27H28N6O3/c1-34-24-10-21(4-5-23(24)33-12-19-15-35-16-20(19)13-33)30-25-26-28-6-7-32(26)14-22(31-25)18-9-17-3-2-8-36-27(17)29-11-18/h4-7,9-11,14,19-20H,2-3,8,12-13,15-16H2,1H3,(H,30,31). The Morgan fingerprint density at radius 2 is 2.00 bits per heavy atom. The molecule has 4 aromatic rings. The van der Waals surface area contributed by atoms with E-state index in [9.17, 15) is 0 Å². The van der Waals surface area contributed by atoms with Crippen LogP contribution in [0.4, 0.5) is 17.2 Å². The number of benzene rings is 1. The summed E-state index contributed by atoms with van der Waals surface area (Å²) in [6.45, 7) is 4.45. The molecule has 0 bridgehead atoms. The minimum atomic E-state index is 0.609. The van der Waals surface area contributed by atoms with Crippen LogP contribution >= 0.6 is 0 Å². The van der Waals surface area contributed by atoms with Crippen molar-refractivity contribution < 1.29 is 14.2 Å². The third-order valence-electron chi connectivity index (χ3n) is 7.45. The molecular formula is C27H28N6O3. The van der Waals surface area contributed by atoms with Gasteiger partial charge in [-0.3, -0.25) is 0 Å². The zero-order chi connectivity index (χ0) is 24.1. The number of hydrogen-bond donors (Lipinski definition) is 1. The first-order valence-electron chi connectivity index (χ1n) is 12.5. The van der Waals surface area contributed by atoms with Gasteiger partial charge >= 0.3 is 0 Å². The van der Waals surface area contributed by atoms with E-state index < -0.39 is 0 Å². The van der Waals surface area contributed by atoms with Crippen molar-refractivity contribution in [2.75, 3.05) is 50.2 Å². The highest BCUT2D eigenvalue weighted by atomic mass is 16.5. The van der Waals surface area contributed by atoms with E-state index in [1.54, 1.807) is 13.3 Å². The van der Waals surface area contributed by atoms with E-state index in [0.29, 0.717) is 17.7 Å². The van der Waals surface area contributed by atoms with Gasteiger partial charge in [0, 0.05) is 72.6 Å². The van der Waals surface area contributed by atoms with E-state index >= 15 is 0 Å². The number of methoxy groups -OCH3 is 1. The quantitative estimate of drug-likeness (QED) is 0.456. The number of nitrogens with zero attached hydrogens (tertiary/aromatic N) is 5. The maximum absolute atomic E-state index is 5.80. The van der Waals surface area contributed by atoms with E-state index in [1.165, 1.54) is 0 Å². The van der Waals surface area contributed by atoms with Gasteiger partial charge in [0.25, 0.3) is 0 Å². The van der Waals surface area contributed by atoms with Crippen molar-refractivity contribution in [1.29, 1.82) is 0 Å². The van der Waals surface area contributed by atoms with E-state index in [4.69, 9.17) is 19.2 Å². The van der Waals surface area contributed by atoms with Crippen molar-refractivity contribution in [1.82, 2.24) is 19.4 Å². The van der Waals surface area contributed by atoms with Crippen LogP contribution in [0, 0.1) is 11.8 Å². The second kappa shape index (κ2) is 8.67. The largest absolute Gasteiger partial charge is 0.495 e. The van der Waals surface area contributed by atoms with Crippen molar-refractivity contribution in [3.05, 3.63) is 54.6 Å². The highest BCUT2D eigenvalue weighted by Gasteiger charge is 2.38. The molecular weight excluding hydrogens is 456 g/mol. The lowest BCUT2D eigenvalue weighted by Gasteiger charge is -2.23. The van der Waals surface area contributed by atoms with Crippen molar-refractivity contribution in [2.45, 2.75) is 12.8 Å². The number of imidazole rings is 1. The molecule has 3 aliphatic heterocycles. The number of hydrogen-bond acceptors (Lipinski definition) is 8. The highest BCUT2D eigenvalue weighted by Crippen LogP contribution is 2.39. The number of fused-ring (bicyclic) bond motifs is 3. The van der Waals surface area contributed by atoms with Crippen molar-refractivity contribution in [3.63, 3.8) is 0 Å². The van der Waals surface area contributed by atoms with Crippen LogP contribution in [0.2, 0.25) is 0 Å². The fraction of sp³-hybridized carbons (Fsp3) is 0.370. The Labute approximate surface area is 209 Å². The molecule has 36 heavy (non-hydrogen) atoms. The molecule has 1 N–H and O–H groups in total. The van der Waals surface area contributed by atoms with Gasteiger partial charge in [0.15, 0.2) is 11.5 Å². The van der Waals surface area contributed by atoms with E-state index in [1.807, 2.05) is 29.1 Å². The molecule has 0 saturated carbocycles. The van der Waals surface area contributed by atoms with Gasteiger partial charge in [0.05, 0.1) is 38.3 Å². The first-order chi connectivity index (χ1) is 17.7. The molecule has 9 heteroatoms. The SMILES string of the molecule is COc1cc(Nc2nc(-c3cnc4c(c3)CCCO4)cn3ccnc23)ccc1N1CC2COCC2C1. The van der Waals surface area contributed by atoms with Gasteiger partial charge in [-0.05, 0) is 31.0 Å². The van der Waals surface area contributed by atoms with Crippen LogP contribution in [0.25, 0.3) is 16.9 Å². The first kappa shape index (κ1) is 21.4. The van der Waals surface area contributed by atoms with Crippen molar-refractivity contribution >= 4 is 22.8 Å². The topological polar surface area (TPSA) is 86.0 Å². The highest BCUT2D eigenvalue weighted by molar-refractivity contribution is 5.76. The zero-order valence-electron chi connectivity index (χ0n) is 20.2. The summed E-state index contributed by atoms with van der Waals surface area (Å²) in [6.07, 6.45) is 9.49. The Morgan fingerprint density at radius 1 is 1.11 bits per heavy atom. The minimum Gasteiger partial charge on any atom is -0.495 e. The number of pyridine rings is 1. The summed E-state index contributed by atoms with van der Waals surface area (Å²) in [7, 11) is 1.72. The van der Waals surface area contributed by atoms with Crippen LogP contribution in [0.1, 0.15) is 12.0 Å². The van der Waals surface area contributed by atoms with Gasteiger partial charge in [0.2, 0.25) is 5.88 Å². The number of anilines is 3. The average molecular weight is 485 g/mol. The number of aryl methyl sites for hydroxylation is 1. The average Bonchev–Trinajstić information content (AvgIpc) is 3.65. The summed E-state index contributed by atoms with van der Waals surface area (Å²) in [5, 5.41) is 3.48. The normalized spacial score (nSPS) is 20.8. The minimum absolute atomic E-state index is 0.609. The maximum atomic E-state index is 5.80. The Kier molecular flexibility index (Phi) is 5.16. The molecule has 1 aromatic carbocycles. The van der Waals surface area contributed by atoms with Gasteiger partial charge < -0.3 is 28.8 Å². The van der Waals surface area contributed by atoms with E-state index in [2.05, 4.69) is 38.4 Å². The second-order valence-electron chi connectivity index (χ2n) is 9.75. The summed E-state index contributed by atoms with van der Waals surface area (Å²) >= 11 is 0. The number of nitrogens with one attached hydrogen (secondary N) is 1. The smallest absolute Gasteiger partial charge is 0.216 e. The molecule has 7 rings (SSSR count). The molecule has 0 amide bonds. The lowest BCUT2D eigenvalue weighted by Crippen LogP contribution is -2.22. The predicted octanol–water partition coefficient (Wildman–Crippen LogP) is 3.95. The number of rotatable bonds is 5. The predicted molar refractivity (Wildman–Crippen MR) is 136 cm³/mol. The van der Waals surface area contributed by atoms with E-state index in [-0.39, 0.29) is 0 Å². The molecule has 2 unspecified atom stereocenters. The third-order valence-corrected chi connectivity index (χ3v) is 7.45. The molecule has 184 valence electrons. The Balaban J connectivity index is 1.20. The molecule has 6 heterocycles. The van der Waals surface area contributed by atoms with Crippen LogP contribution < -0.4 is 19.7 Å². The Hall–Kier alpha value is -3.85. The van der Waals surface area contributed by atoms with E-state index in [0.717, 1.165) is 91.2 Å². The molecule has 0 spiro atoms. The summed E-state index contributed by atoms with van der Waals surface area (Å²) in [6, 6.07) is 8.37. The van der Waals surface area contributed by atoms with Crippen LogP contribution in [-0.2, 0) is 11.2 Å². The van der Waals surface area contributed by atoms with Crippen LogP contribution in [0.5, 0.6) is 11.6 Å². The molecule has 2 saturated heterocycles. The second-order valence-corrected chi connectivity index (χ2v) is 9.75. The molecule has 9 nitrogen and oxygen atoms in total. The van der Waals surface area contributed by atoms with Crippen molar-refractivity contribution in [3.8, 4) is 22.9 Å². The molecule has 0 radical (unpaired) electrons. The molecule has 0 aliphatic carbocycles. The third kappa shape index (κ3) is 3.71. The van der Waals surface area contributed by atoms with Crippen LogP contribution in [0.15, 0.2) is 49.1 Å². The molecule has 3 aromatic heterocycles. The van der Waals surface area contributed by atoms with Crippen molar-refractivity contribution in [2.24, 2.45) is 11.8 Å². The molecule has 2 atom stereocenters. The Morgan fingerprint density at radius 3 is 2.86 bits per heavy atom. The van der Waals surface area contributed by atoms with Gasteiger partial charge in [-0.25, -0.2) is 15.0 Å². The summed E-state index contributed by atoms with van der Waals surface area (Å²) in [5.74, 6) is 3.47. The van der Waals surface area contributed by atoms with Gasteiger partial charge in [-0.2, -0.15) is 0 Å². The lowest BCUT2D eigenvalue weighted by molar-refractivity contribution is 0.177. The van der Waals surface area contributed by atoms with Gasteiger partial charge in [-0.15, -0.1) is 0 Å². The van der Waals surface area contributed by atoms with Gasteiger partial charge in [-0.1, -0.05) is 0 Å². The lowest BCUT2D eigenvalue weighted by atomic mass is 10.0. The summed E-state index contributed by atoms with van der Waals surface area (Å²) in [4.78, 5) is 16.4. The first-order valence-corrected chi connectivity index (χ1v) is 12.5. The fourth-order valence-corrected chi connectivity index (χ4v) is 5.57. The maximum Gasteiger partial charge on any atom is 0.216 e. The summed E-state index contributed by atoms with van der Waals surface area (Å²) < 4.78 is 19.1. The van der Waals surface area contributed by atoms with Gasteiger partial charge in [0.1, 0.15) is 5.75 Å². The number of aromatic nitrogens is 4. The monoisotopic (exact) mass is 484 g/mol. The fourth-order valence-electron chi connectivity index (χ4n) is 5.57. The molecule has 2 fully saturated rings. The number of ether oxygens (including phenoxy) is 3. The Bertz CT molecular complexity index is 1420. The van der Waals surface area contributed by atoms with Crippen LogP contribution in [0.3, 0.4) is 0 Å². The molecule has 3 aliphatic rings. The van der Waals surface area contributed by atoms with Crippen LogP contribution in [-0.4, -0.2) is 59.4 Å². The summed E-state index contributed by atoms with van der Waals surface area (Å²) in [5.41, 5.74) is 5.66. The zero-order valence-corrected chi connectivity index (χ0v) is 20.2.